The zero-order valence-corrected chi connectivity index (χ0v) is 28.6. The van der Waals surface area contributed by atoms with Crippen molar-refractivity contribution in [1.29, 1.82) is 0 Å². The average Bonchev–Trinajstić information content (AvgIpc) is 3.09. The van der Waals surface area contributed by atoms with E-state index in [4.69, 9.17) is 4.74 Å². The Balaban J connectivity index is 1.76. The van der Waals surface area contributed by atoms with Crippen molar-refractivity contribution in [3.8, 4) is 11.5 Å². The molecule has 51 heavy (non-hydrogen) atoms. The molecule has 276 valence electrons. The van der Waals surface area contributed by atoms with E-state index in [-0.39, 0.29) is 46.6 Å². The zero-order valence-electron chi connectivity index (χ0n) is 28.6. The van der Waals surface area contributed by atoms with Gasteiger partial charge >= 0.3 is 12.4 Å². The quantitative estimate of drug-likeness (QED) is 0.0957. The van der Waals surface area contributed by atoms with Gasteiger partial charge in [0.2, 0.25) is 12.7 Å². The second-order valence-corrected chi connectivity index (χ2v) is 12.4. The van der Waals surface area contributed by atoms with Gasteiger partial charge in [0.1, 0.15) is 24.7 Å². The minimum absolute atomic E-state index is 0.0457. The molecule has 4 aromatic rings. The van der Waals surface area contributed by atoms with E-state index < -0.39 is 38.3 Å². The van der Waals surface area contributed by atoms with Crippen molar-refractivity contribution in [1.82, 2.24) is 0 Å². The maximum atomic E-state index is 15.4. The summed E-state index contributed by atoms with van der Waals surface area (Å²) in [7, 11) is 0. The molecule has 0 saturated heterocycles. The third kappa shape index (κ3) is 12.6. The van der Waals surface area contributed by atoms with Gasteiger partial charge in [0.05, 0.1) is 0 Å². The third-order valence-electron chi connectivity index (χ3n) is 8.28. The lowest BCUT2D eigenvalue weighted by Gasteiger charge is -2.22. The van der Waals surface area contributed by atoms with E-state index in [0.29, 0.717) is 0 Å². The van der Waals surface area contributed by atoms with Gasteiger partial charge in [0, 0.05) is 35.1 Å². The molecule has 0 saturated carbocycles. The number of aryl methyl sites for hydroxylation is 2. The van der Waals surface area contributed by atoms with E-state index >= 15 is 8.78 Å². The molecule has 4 aromatic carbocycles. The molecule has 0 aliphatic rings. The topological polar surface area (TPSA) is 27.7 Å². The minimum atomic E-state index is -4.77. The minimum Gasteiger partial charge on any atom is -0.457 e. The van der Waals surface area contributed by atoms with Crippen LogP contribution in [0, 0.1) is 0 Å². The molecule has 2 unspecified atom stereocenters. The summed E-state index contributed by atoms with van der Waals surface area (Å²) < 4.78 is 124. The van der Waals surface area contributed by atoms with Crippen molar-refractivity contribution >= 4 is 0 Å². The monoisotopic (exact) mass is 722 g/mol. The van der Waals surface area contributed by atoms with Crippen molar-refractivity contribution in [3.05, 3.63) is 129 Å². The lowest BCUT2D eigenvalue weighted by atomic mass is 9.96. The summed E-state index contributed by atoms with van der Waals surface area (Å²) >= 11 is 0. The summed E-state index contributed by atoms with van der Waals surface area (Å²) in [5.41, 5.74) is 3.62. The summed E-state index contributed by atoms with van der Waals surface area (Å²) in [4.78, 5) is 0. The highest BCUT2D eigenvalue weighted by Gasteiger charge is 2.32. The van der Waals surface area contributed by atoms with Crippen LogP contribution >= 0.6 is 0 Å². The van der Waals surface area contributed by atoms with Gasteiger partial charge in [0.15, 0.2) is 0 Å². The van der Waals surface area contributed by atoms with Crippen molar-refractivity contribution in [3.63, 3.8) is 0 Å². The third-order valence-corrected chi connectivity index (χ3v) is 8.28. The summed E-state index contributed by atoms with van der Waals surface area (Å²) in [5, 5.41) is 0. The molecule has 0 amide bonds. The Bertz CT molecular complexity index is 1530. The number of halogens is 8. The number of unbranched alkanes of at least 4 members (excludes halogenated alkanes) is 2. The van der Waals surface area contributed by atoms with Gasteiger partial charge in [-0.3, -0.25) is 0 Å². The van der Waals surface area contributed by atoms with Crippen LogP contribution in [0.1, 0.15) is 96.8 Å². The normalized spacial score (nSPS) is 13.3. The molecule has 0 N–H and O–H groups in total. The van der Waals surface area contributed by atoms with Crippen LogP contribution in [0.2, 0.25) is 0 Å². The summed E-state index contributed by atoms with van der Waals surface area (Å²) in [5.74, 6) is 0.112. The Morgan fingerprint density at radius 1 is 0.510 bits per heavy atom. The van der Waals surface area contributed by atoms with Crippen LogP contribution in [-0.4, -0.2) is 25.6 Å². The van der Waals surface area contributed by atoms with Crippen molar-refractivity contribution < 1.29 is 49.3 Å². The summed E-state index contributed by atoms with van der Waals surface area (Å²) in [6, 6.07) is 23.5. The van der Waals surface area contributed by atoms with Gasteiger partial charge in [-0.15, -0.1) is 0 Å². The van der Waals surface area contributed by atoms with E-state index in [0.717, 1.165) is 60.8 Å². The fraction of sp³-hybridized carbons (Fsp3) is 0.400. The molecule has 0 aliphatic heterocycles. The van der Waals surface area contributed by atoms with Gasteiger partial charge in [-0.2, -0.15) is 26.3 Å². The van der Waals surface area contributed by atoms with Gasteiger partial charge in [0.25, 0.3) is 0 Å². The summed E-state index contributed by atoms with van der Waals surface area (Å²) in [6.45, 7) is 0.527. The highest BCUT2D eigenvalue weighted by Crippen LogP contribution is 2.39. The van der Waals surface area contributed by atoms with Gasteiger partial charge in [-0.1, -0.05) is 99.5 Å². The molecule has 2 atom stereocenters. The smallest absolute Gasteiger partial charge is 0.411 e. The first-order valence-electron chi connectivity index (χ1n) is 17.0. The molecule has 4 rings (SSSR count). The lowest BCUT2D eigenvalue weighted by Crippen LogP contribution is -2.19. The number of benzene rings is 4. The molecule has 3 nitrogen and oxygen atoms in total. The number of hydrogen-bond acceptors (Lipinski definition) is 3. The Morgan fingerprint density at radius 2 is 0.863 bits per heavy atom. The molecular weight excluding hydrogens is 680 g/mol. The zero-order chi connectivity index (χ0) is 37.0. The predicted molar refractivity (Wildman–Crippen MR) is 180 cm³/mol. The number of rotatable bonds is 18. The van der Waals surface area contributed by atoms with Crippen LogP contribution < -0.4 is 4.74 Å². The number of ether oxygens (including phenoxy) is 3. The fourth-order valence-electron chi connectivity index (χ4n) is 5.61. The standard InChI is InChI=1S/C40H42F8O3/c1-3-5-9-27-15-19-29(20-16-27)23-33-31(37(41)49-25-39(43,44)45)11-7-13-35(33)51-36-14-8-12-32(38(42)50-26-40(46,47)48)34(36)24-30-21-17-28(18-22-30)10-6-4-2/h7-8,11-22,37-38H,3-6,9-10,23-26H2,1-2H3. The van der Waals surface area contributed by atoms with Crippen molar-refractivity contribution in [2.24, 2.45) is 0 Å². The first kappa shape index (κ1) is 39.8. The molecule has 0 aromatic heterocycles. The molecule has 0 aliphatic carbocycles. The Labute approximate surface area is 293 Å². The molecular formula is C40H42F8O3. The Morgan fingerprint density at radius 3 is 1.20 bits per heavy atom. The molecule has 0 fully saturated rings. The van der Waals surface area contributed by atoms with Crippen LogP contribution in [0.4, 0.5) is 35.1 Å². The number of hydrogen-bond donors (Lipinski definition) is 0. The van der Waals surface area contributed by atoms with Crippen LogP contribution in [0.3, 0.4) is 0 Å². The SMILES string of the molecule is CCCCc1ccc(Cc2c(Oc3cccc(C(F)OCC(F)(F)F)c3Cc3ccc(CCCC)cc3)cccc2C(F)OCC(F)(F)F)cc1. The van der Waals surface area contributed by atoms with E-state index in [1.165, 1.54) is 36.4 Å². The second kappa shape index (κ2) is 18.5. The molecule has 0 radical (unpaired) electrons. The molecule has 0 heterocycles. The van der Waals surface area contributed by atoms with Crippen LogP contribution in [0.5, 0.6) is 11.5 Å². The molecule has 11 heteroatoms. The highest BCUT2D eigenvalue weighted by molar-refractivity contribution is 5.50. The second-order valence-electron chi connectivity index (χ2n) is 12.4. The van der Waals surface area contributed by atoms with E-state index in [1.54, 1.807) is 0 Å². The first-order chi connectivity index (χ1) is 24.3. The first-order valence-corrected chi connectivity index (χ1v) is 17.0. The Hall–Kier alpha value is -3.96. The van der Waals surface area contributed by atoms with Gasteiger partial charge < -0.3 is 14.2 Å². The van der Waals surface area contributed by atoms with E-state index in [2.05, 4.69) is 23.3 Å². The summed E-state index contributed by atoms with van der Waals surface area (Å²) in [6.07, 6.45) is -8.64. The lowest BCUT2D eigenvalue weighted by molar-refractivity contribution is -0.203. The average molecular weight is 723 g/mol. The highest BCUT2D eigenvalue weighted by atomic mass is 19.4. The van der Waals surface area contributed by atoms with Crippen LogP contribution in [-0.2, 0) is 35.2 Å². The maximum Gasteiger partial charge on any atom is 0.411 e. The molecule has 0 spiro atoms. The van der Waals surface area contributed by atoms with E-state index in [1.807, 2.05) is 48.5 Å². The maximum absolute atomic E-state index is 15.4. The van der Waals surface area contributed by atoms with Crippen LogP contribution in [0.15, 0.2) is 84.9 Å². The van der Waals surface area contributed by atoms with Crippen molar-refractivity contribution in [2.75, 3.05) is 13.2 Å². The largest absolute Gasteiger partial charge is 0.457 e. The Kier molecular flexibility index (Phi) is 14.4. The van der Waals surface area contributed by atoms with Gasteiger partial charge in [-0.05, 0) is 60.1 Å². The van der Waals surface area contributed by atoms with Gasteiger partial charge in [-0.25, -0.2) is 8.78 Å². The van der Waals surface area contributed by atoms with Crippen LogP contribution in [0.25, 0.3) is 0 Å². The predicted octanol–water partition coefficient (Wildman–Crippen LogP) is 12.4. The van der Waals surface area contributed by atoms with E-state index in [9.17, 15) is 26.3 Å². The fourth-order valence-corrected chi connectivity index (χ4v) is 5.61. The molecule has 0 bridgehead atoms. The number of alkyl halides is 8. The van der Waals surface area contributed by atoms with Crippen molar-refractivity contribution in [2.45, 2.75) is 90.3 Å².